The van der Waals surface area contributed by atoms with Crippen molar-refractivity contribution in [2.45, 2.75) is 13.8 Å². The van der Waals surface area contributed by atoms with Gasteiger partial charge in [0.25, 0.3) is 5.91 Å². The zero-order valence-corrected chi connectivity index (χ0v) is 12.2. The van der Waals surface area contributed by atoms with Crippen molar-refractivity contribution in [1.29, 1.82) is 0 Å². The normalized spacial score (nSPS) is 10.2. The van der Waals surface area contributed by atoms with Gasteiger partial charge in [0.1, 0.15) is 5.15 Å². The lowest BCUT2D eigenvalue weighted by molar-refractivity contribution is 0.0696. The molecule has 1 aromatic heterocycles. The molecule has 5 nitrogen and oxygen atoms in total. The van der Waals surface area contributed by atoms with Crippen LogP contribution in [0, 0.1) is 13.8 Å². The number of hydrogen-bond acceptors (Lipinski definition) is 3. The maximum absolute atomic E-state index is 12.1. The van der Waals surface area contributed by atoms with E-state index in [0.717, 1.165) is 0 Å². The molecule has 1 heterocycles. The minimum atomic E-state index is -0.998. The summed E-state index contributed by atoms with van der Waals surface area (Å²) in [6.07, 6.45) is 0. The van der Waals surface area contributed by atoms with E-state index in [4.69, 9.17) is 16.7 Å². The number of carboxylic acids is 1. The van der Waals surface area contributed by atoms with Gasteiger partial charge in [0.05, 0.1) is 5.56 Å². The molecule has 0 fully saturated rings. The summed E-state index contributed by atoms with van der Waals surface area (Å²) in [5.41, 5.74) is 2.34. The summed E-state index contributed by atoms with van der Waals surface area (Å²) in [6.45, 7) is 3.42. The van der Waals surface area contributed by atoms with Crippen molar-refractivity contribution in [1.82, 2.24) is 4.98 Å². The Labute approximate surface area is 126 Å². The zero-order valence-electron chi connectivity index (χ0n) is 11.5. The van der Waals surface area contributed by atoms with Crippen molar-refractivity contribution in [2.24, 2.45) is 0 Å². The van der Waals surface area contributed by atoms with Crippen LogP contribution in [-0.2, 0) is 0 Å². The summed E-state index contributed by atoms with van der Waals surface area (Å²) in [4.78, 5) is 27.1. The fourth-order valence-electron chi connectivity index (χ4n) is 1.94. The Bertz CT molecular complexity index is 709. The van der Waals surface area contributed by atoms with Gasteiger partial charge in [0.15, 0.2) is 0 Å². The highest BCUT2D eigenvalue weighted by Gasteiger charge is 2.11. The van der Waals surface area contributed by atoms with Crippen LogP contribution in [0.25, 0.3) is 0 Å². The molecular weight excluding hydrogens is 292 g/mol. The fourth-order valence-corrected chi connectivity index (χ4v) is 2.19. The summed E-state index contributed by atoms with van der Waals surface area (Å²) in [5.74, 6) is -1.33. The van der Waals surface area contributed by atoms with Crippen molar-refractivity contribution >= 4 is 29.2 Å². The molecule has 2 N–H and O–H groups in total. The molecule has 0 radical (unpaired) electrons. The van der Waals surface area contributed by atoms with Gasteiger partial charge in [-0.15, -0.1) is 0 Å². The molecule has 0 spiro atoms. The first kappa shape index (κ1) is 15.0. The molecule has 0 aliphatic carbocycles. The third kappa shape index (κ3) is 3.58. The largest absolute Gasteiger partial charge is 0.478 e. The van der Waals surface area contributed by atoms with Crippen LogP contribution >= 0.6 is 11.6 Å². The van der Waals surface area contributed by atoms with Gasteiger partial charge >= 0.3 is 5.97 Å². The van der Waals surface area contributed by atoms with Gasteiger partial charge in [-0.2, -0.15) is 0 Å². The van der Waals surface area contributed by atoms with Gasteiger partial charge in [0, 0.05) is 16.9 Å². The summed E-state index contributed by atoms with van der Waals surface area (Å²) in [7, 11) is 0. The molecule has 108 valence electrons. The Morgan fingerprint density at radius 2 is 1.90 bits per heavy atom. The number of benzene rings is 1. The van der Waals surface area contributed by atoms with Crippen molar-refractivity contribution < 1.29 is 14.7 Å². The van der Waals surface area contributed by atoms with E-state index in [2.05, 4.69) is 10.3 Å². The molecule has 0 atom stereocenters. The second kappa shape index (κ2) is 5.93. The second-order valence-corrected chi connectivity index (χ2v) is 5.00. The van der Waals surface area contributed by atoms with Gasteiger partial charge in [0.2, 0.25) is 0 Å². The van der Waals surface area contributed by atoms with Gasteiger partial charge in [-0.1, -0.05) is 11.6 Å². The highest BCUT2D eigenvalue weighted by atomic mass is 35.5. The average Bonchev–Trinajstić information content (AvgIpc) is 2.37. The molecule has 1 amide bonds. The van der Waals surface area contributed by atoms with Gasteiger partial charge < -0.3 is 10.4 Å². The summed E-state index contributed by atoms with van der Waals surface area (Å²) < 4.78 is 0. The Hall–Kier alpha value is -2.40. The number of carboxylic acid groups (broad SMARTS) is 1. The maximum Gasteiger partial charge on any atom is 0.335 e. The number of rotatable bonds is 3. The van der Waals surface area contributed by atoms with Crippen LogP contribution in [0.1, 0.15) is 32.0 Å². The minimum absolute atomic E-state index is 0.204. The number of carbonyl (C=O) groups excluding carboxylic acids is 1. The van der Waals surface area contributed by atoms with Crippen molar-refractivity contribution in [2.75, 3.05) is 5.32 Å². The van der Waals surface area contributed by atoms with E-state index in [0.29, 0.717) is 22.5 Å². The highest BCUT2D eigenvalue weighted by molar-refractivity contribution is 6.29. The lowest BCUT2D eigenvalue weighted by Crippen LogP contribution is -2.13. The van der Waals surface area contributed by atoms with Gasteiger partial charge in [-0.05, 0) is 49.7 Å². The quantitative estimate of drug-likeness (QED) is 0.853. The molecule has 0 aliphatic heterocycles. The zero-order chi connectivity index (χ0) is 15.6. The molecule has 0 bridgehead atoms. The van der Waals surface area contributed by atoms with Crippen molar-refractivity contribution in [3.63, 3.8) is 0 Å². The number of nitrogens with one attached hydrogen (secondary N) is 1. The third-order valence-corrected chi connectivity index (χ3v) is 3.09. The third-order valence-electron chi connectivity index (χ3n) is 2.90. The monoisotopic (exact) mass is 304 g/mol. The fraction of sp³-hybridized carbons (Fsp3) is 0.133. The summed E-state index contributed by atoms with van der Waals surface area (Å²) in [6, 6.07) is 7.71. The summed E-state index contributed by atoms with van der Waals surface area (Å²) >= 11 is 5.82. The number of carbonyl (C=O) groups is 2. The Balaban J connectivity index is 2.23. The number of aromatic carboxylic acids is 1. The molecule has 2 rings (SSSR count). The summed E-state index contributed by atoms with van der Waals surface area (Å²) in [5, 5.41) is 11.9. The lowest BCUT2D eigenvalue weighted by Gasteiger charge is -2.08. The van der Waals surface area contributed by atoms with Crippen LogP contribution in [0.2, 0.25) is 5.15 Å². The van der Waals surface area contributed by atoms with E-state index >= 15 is 0 Å². The van der Waals surface area contributed by atoms with Crippen molar-refractivity contribution in [3.05, 3.63) is 57.9 Å². The van der Waals surface area contributed by atoms with E-state index < -0.39 is 5.97 Å². The predicted molar refractivity (Wildman–Crippen MR) is 80.1 cm³/mol. The number of pyridine rings is 1. The molecule has 21 heavy (non-hydrogen) atoms. The molecule has 0 aliphatic rings. The van der Waals surface area contributed by atoms with E-state index in [1.165, 1.54) is 12.1 Å². The van der Waals surface area contributed by atoms with Gasteiger partial charge in [-0.3, -0.25) is 4.79 Å². The standard InChI is InChI=1S/C15H13ClN2O3/c1-8-5-11(3-4-12(8)15(20)21)18-14(19)10-6-9(2)17-13(16)7-10/h3-7H,1-2H3,(H,18,19)(H,20,21). The number of nitrogens with zero attached hydrogens (tertiary/aromatic N) is 1. The van der Waals surface area contributed by atoms with E-state index in [9.17, 15) is 9.59 Å². The van der Waals surface area contributed by atoms with Crippen molar-refractivity contribution in [3.8, 4) is 0 Å². The van der Waals surface area contributed by atoms with Gasteiger partial charge in [-0.25, -0.2) is 9.78 Å². The topological polar surface area (TPSA) is 79.3 Å². The SMILES string of the molecule is Cc1cc(C(=O)Nc2ccc(C(=O)O)c(C)c2)cc(Cl)n1. The van der Waals surface area contributed by atoms with Crippen LogP contribution in [0.4, 0.5) is 5.69 Å². The smallest absolute Gasteiger partial charge is 0.335 e. The number of hydrogen-bond donors (Lipinski definition) is 2. The Morgan fingerprint density at radius 1 is 1.19 bits per heavy atom. The lowest BCUT2D eigenvalue weighted by atomic mass is 10.1. The maximum atomic E-state index is 12.1. The van der Waals surface area contributed by atoms with Crippen LogP contribution in [0.5, 0.6) is 0 Å². The van der Waals surface area contributed by atoms with Crippen LogP contribution in [0.15, 0.2) is 30.3 Å². The number of halogens is 1. The molecule has 0 saturated carbocycles. The first-order valence-corrected chi connectivity index (χ1v) is 6.54. The van der Waals surface area contributed by atoms with E-state index in [-0.39, 0.29) is 16.6 Å². The molecule has 2 aromatic rings. The first-order chi connectivity index (χ1) is 9.86. The first-order valence-electron chi connectivity index (χ1n) is 6.16. The number of aromatic nitrogens is 1. The van der Waals surface area contributed by atoms with E-state index in [1.807, 2.05) is 0 Å². The average molecular weight is 305 g/mol. The predicted octanol–water partition coefficient (Wildman–Crippen LogP) is 3.30. The number of anilines is 1. The Kier molecular flexibility index (Phi) is 4.23. The minimum Gasteiger partial charge on any atom is -0.478 e. The highest BCUT2D eigenvalue weighted by Crippen LogP contribution is 2.17. The van der Waals surface area contributed by atoms with Crippen LogP contribution in [-0.4, -0.2) is 22.0 Å². The molecule has 0 saturated heterocycles. The molecule has 1 aromatic carbocycles. The van der Waals surface area contributed by atoms with Crippen LogP contribution in [0.3, 0.4) is 0 Å². The molecule has 0 unspecified atom stereocenters. The number of amides is 1. The molecular formula is C15H13ClN2O3. The van der Waals surface area contributed by atoms with Crippen LogP contribution < -0.4 is 5.32 Å². The Morgan fingerprint density at radius 3 is 2.48 bits per heavy atom. The molecule has 6 heteroatoms. The second-order valence-electron chi connectivity index (χ2n) is 4.61. The number of aryl methyl sites for hydroxylation is 2. The van der Waals surface area contributed by atoms with E-state index in [1.54, 1.807) is 32.0 Å².